The van der Waals surface area contributed by atoms with Gasteiger partial charge in [0.25, 0.3) is 0 Å². The molecule has 4 heteroatoms. The van der Waals surface area contributed by atoms with Crippen molar-refractivity contribution in [2.45, 2.75) is 45.2 Å². The van der Waals surface area contributed by atoms with Crippen LogP contribution in [0.3, 0.4) is 0 Å². The molecule has 2 heterocycles. The molecule has 16 heavy (non-hydrogen) atoms. The smallest absolute Gasteiger partial charge is 0.155 e. The molecular weight excluding hydrogens is 204 g/mol. The molecule has 1 saturated heterocycles. The highest BCUT2D eigenvalue weighted by atomic mass is 16.5. The monoisotopic (exact) mass is 222 g/mol. The first-order valence-corrected chi connectivity index (χ1v) is 5.87. The largest absolute Gasteiger partial charge is 0.361 e. The second-order valence-corrected chi connectivity index (χ2v) is 4.65. The summed E-state index contributed by atoms with van der Waals surface area (Å²) in [6, 6.07) is 1.04. The Labute approximate surface area is 95.6 Å². The number of carbonyl (C=O) groups excluding carboxylic acids is 1. The molecule has 0 amide bonds. The molecule has 1 unspecified atom stereocenters. The third kappa shape index (κ3) is 2.16. The normalized spacial score (nSPS) is 21.8. The minimum Gasteiger partial charge on any atom is -0.361 e. The SMILES string of the molecule is CC(C)N1CCCC1Cc1oncc1C=O. The molecule has 0 bridgehead atoms. The van der Waals surface area contributed by atoms with Gasteiger partial charge in [0.05, 0.1) is 11.8 Å². The second kappa shape index (κ2) is 4.78. The van der Waals surface area contributed by atoms with Crippen molar-refractivity contribution < 1.29 is 9.32 Å². The van der Waals surface area contributed by atoms with Crippen LogP contribution in [0.4, 0.5) is 0 Å². The number of aldehydes is 1. The molecule has 1 aromatic heterocycles. The fraction of sp³-hybridized carbons (Fsp3) is 0.667. The number of likely N-dealkylation sites (tertiary alicyclic amines) is 1. The lowest BCUT2D eigenvalue weighted by Crippen LogP contribution is -2.36. The lowest BCUT2D eigenvalue weighted by molar-refractivity contribution is 0.112. The number of aromatic nitrogens is 1. The molecule has 1 fully saturated rings. The Morgan fingerprint density at radius 1 is 1.69 bits per heavy atom. The molecule has 2 rings (SSSR count). The molecule has 0 radical (unpaired) electrons. The molecule has 1 aliphatic heterocycles. The van der Waals surface area contributed by atoms with Crippen LogP contribution >= 0.6 is 0 Å². The fourth-order valence-electron chi connectivity index (χ4n) is 2.49. The Hall–Kier alpha value is -1.16. The molecule has 1 atom stereocenters. The Bertz CT molecular complexity index is 360. The van der Waals surface area contributed by atoms with Gasteiger partial charge in [-0.05, 0) is 33.2 Å². The number of hydrogen-bond donors (Lipinski definition) is 0. The summed E-state index contributed by atoms with van der Waals surface area (Å²) >= 11 is 0. The van der Waals surface area contributed by atoms with Crippen molar-refractivity contribution in [2.75, 3.05) is 6.54 Å². The number of carbonyl (C=O) groups is 1. The number of nitrogens with zero attached hydrogens (tertiary/aromatic N) is 2. The van der Waals surface area contributed by atoms with Gasteiger partial charge in [-0.1, -0.05) is 5.16 Å². The minimum atomic E-state index is 0.492. The maximum absolute atomic E-state index is 10.8. The van der Waals surface area contributed by atoms with Gasteiger partial charge < -0.3 is 4.52 Å². The van der Waals surface area contributed by atoms with E-state index in [1.807, 2.05) is 0 Å². The zero-order valence-corrected chi connectivity index (χ0v) is 9.85. The summed E-state index contributed by atoms with van der Waals surface area (Å²) in [6.45, 7) is 5.56. The van der Waals surface area contributed by atoms with Crippen molar-refractivity contribution >= 4 is 6.29 Å². The molecule has 0 saturated carbocycles. The molecule has 0 aromatic carbocycles. The highest BCUT2D eigenvalue weighted by Crippen LogP contribution is 2.24. The van der Waals surface area contributed by atoms with Crippen LogP contribution in [0.15, 0.2) is 10.7 Å². The van der Waals surface area contributed by atoms with E-state index in [9.17, 15) is 4.79 Å². The summed E-state index contributed by atoms with van der Waals surface area (Å²) in [5, 5.41) is 3.68. The van der Waals surface area contributed by atoms with E-state index in [4.69, 9.17) is 4.52 Å². The van der Waals surface area contributed by atoms with E-state index in [2.05, 4.69) is 23.9 Å². The van der Waals surface area contributed by atoms with Gasteiger partial charge in [0.2, 0.25) is 0 Å². The Kier molecular flexibility index (Phi) is 3.39. The average Bonchev–Trinajstić information content (AvgIpc) is 2.86. The predicted octanol–water partition coefficient (Wildman–Crippen LogP) is 1.90. The number of rotatable bonds is 4. The van der Waals surface area contributed by atoms with Crippen LogP contribution in [-0.4, -0.2) is 35.0 Å². The zero-order chi connectivity index (χ0) is 11.5. The summed E-state index contributed by atoms with van der Waals surface area (Å²) in [5.41, 5.74) is 0.593. The molecule has 1 aromatic rings. The van der Waals surface area contributed by atoms with Gasteiger partial charge in [-0.3, -0.25) is 9.69 Å². The van der Waals surface area contributed by atoms with Crippen LogP contribution in [0.1, 0.15) is 42.8 Å². The van der Waals surface area contributed by atoms with Crippen LogP contribution < -0.4 is 0 Å². The maximum Gasteiger partial charge on any atom is 0.155 e. The molecule has 1 aliphatic rings. The standard InChI is InChI=1S/C12H18N2O2/c1-9(2)14-5-3-4-11(14)6-12-10(8-15)7-13-16-12/h7-9,11H,3-6H2,1-2H3. The topological polar surface area (TPSA) is 46.3 Å². The van der Waals surface area contributed by atoms with Crippen LogP contribution in [-0.2, 0) is 6.42 Å². The number of hydrogen-bond acceptors (Lipinski definition) is 4. The molecule has 0 N–H and O–H groups in total. The predicted molar refractivity (Wildman–Crippen MR) is 60.5 cm³/mol. The maximum atomic E-state index is 10.8. The van der Waals surface area contributed by atoms with Crippen molar-refractivity contribution in [1.82, 2.24) is 10.1 Å². The summed E-state index contributed by atoms with van der Waals surface area (Å²) in [5.74, 6) is 0.729. The highest BCUT2D eigenvalue weighted by Gasteiger charge is 2.28. The summed E-state index contributed by atoms with van der Waals surface area (Å²) in [7, 11) is 0. The third-order valence-electron chi connectivity index (χ3n) is 3.31. The van der Waals surface area contributed by atoms with Crippen molar-refractivity contribution in [2.24, 2.45) is 0 Å². The minimum absolute atomic E-state index is 0.492. The molecule has 0 spiro atoms. The highest BCUT2D eigenvalue weighted by molar-refractivity contribution is 5.75. The van der Waals surface area contributed by atoms with Gasteiger partial charge in [-0.2, -0.15) is 0 Å². The van der Waals surface area contributed by atoms with Crippen LogP contribution in [0.25, 0.3) is 0 Å². The van der Waals surface area contributed by atoms with Crippen LogP contribution in [0.5, 0.6) is 0 Å². The Balaban J connectivity index is 2.06. The van der Waals surface area contributed by atoms with E-state index in [-0.39, 0.29) is 0 Å². The Morgan fingerprint density at radius 2 is 2.50 bits per heavy atom. The summed E-state index contributed by atoms with van der Waals surface area (Å²) in [4.78, 5) is 13.2. The van der Waals surface area contributed by atoms with E-state index >= 15 is 0 Å². The first-order valence-electron chi connectivity index (χ1n) is 5.87. The van der Waals surface area contributed by atoms with E-state index < -0.39 is 0 Å². The van der Waals surface area contributed by atoms with Crippen LogP contribution in [0, 0.1) is 0 Å². The van der Waals surface area contributed by atoms with Crippen LogP contribution in [0.2, 0.25) is 0 Å². The van der Waals surface area contributed by atoms with Crippen molar-refractivity contribution in [1.29, 1.82) is 0 Å². The van der Waals surface area contributed by atoms with Crippen molar-refractivity contribution in [3.05, 3.63) is 17.5 Å². The van der Waals surface area contributed by atoms with E-state index in [1.165, 1.54) is 19.0 Å². The Morgan fingerprint density at radius 3 is 3.19 bits per heavy atom. The fourth-order valence-corrected chi connectivity index (χ4v) is 2.49. The molecule has 88 valence electrons. The average molecular weight is 222 g/mol. The molecular formula is C12H18N2O2. The lowest BCUT2D eigenvalue weighted by atomic mass is 10.1. The van der Waals surface area contributed by atoms with Gasteiger partial charge in [-0.15, -0.1) is 0 Å². The molecule has 4 nitrogen and oxygen atoms in total. The second-order valence-electron chi connectivity index (χ2n) is 4.65. The summed E-state index contributed by atoms with van der Waals surface area (Å²) < 4.78 is 5.14. The first-order chi connectivity index (χ1) is 7.72. The van der Waals surface area contributed by atoms with Gasteiger partial charge in [0.15, 0.2) is 6.29 Å². The third-order valence-corrected chi connectivity index (χ3v) is 3.31. The lowest BCUT2D eigenvalue weighted by Gasteiger charge is -2.27. The van der Waals surface area contributed by atoms with E-state index in [0.29, 0.717) is 17.6 Å². The van der Waals surface area contributed by atoms with Gasteiger partial charge in [0, 0.05) is 18.5 Å². The molecule has 0 aliphatic carbocycles. The summed E-state index contributed by atoms with van der Waals surface area (Å²) in [6.07, 6.45) is 5.52. The van der Waals surface area contributed by atoms with E-state index in [0.717, 1.165) is 25.0 Å². The quantitative estimate of drug-likeness (QED) is 0.730. The van der Waals surface area contributed by atoms with Crippen molar-refractivity contribution in [3.8, 4) is 0 Å². The van der Waals surface area contributed by atoms with E-state index in [1.54, 1.807) is 0 Å². The first kappa shape index (κ1) is 11.3. The van der Waals surface area contributed by atoms with Gasteiger partial charge >= 0.3 is 0 Å². The van der Waals surface area contributed by atoms with Gasteiger partial charge in [-0.25, -0.2) is 0 Å². The van der Waals surface area contributed by atoms with Gasteiger partial charge in [0.1, 0.15) is 5.76 Å². The zero-order valence-electron chi connectivity index (χ0n) is 9.85. The van der Waals surface area contributed by atoms with Crippen molar-refractivity contribution in [3.63, 3.8) is 0 Å².